The summed E-state index contributed by atoms with van der Waals surface area (Å²) in [5.74, 6) is 4.81. The molecule has 0 amide bonds. The molecule has 0 aromatic heterocycles. The van der Waals surface area contributed by atoms with E-state index < -0.39 is 0 Å². The van der Waals surface area contributed by atoms with Gasteiger partial charge in [-0.15, -0.1) is 0 Å². The minimum Gasteiger partial charge on any atom is -0.328 e. The van der Waals surface area contributed by atoms with E-state index in [4.69, 9.17) is 11.6 Å². The largest absolute Gasteiger partial charge is 0.328 e. The van der Waals surface area contributed by atoms with E-state index in [9.17, 15) is 0 Å². The molecule has 0 heterocycles. The predicted molar refractivity (Wildman–Crippen MR) is 28.4 cm³/mol. The molecule has 1 atom stereocenters. The van der Waals surface area contributed by atoms with E-state index in [0.29, 0.717) is 6.54 Å². The summed E-state index contributed by atoms with van der Waals surface area (Å²) in [6.07, 6.45) is 0.924. The Morgan fingerprint density at radius 2 is 2.29 bits per heavy atom. The van der Waals surface area contributed by atoms with Crippen molar-refractivity contribution in [2.45, 2.75) is 19.4 Å². The van der Waals surface area contributed by atoms with Gasteiger partial charge in [0.1, 0.15) is 0 Å². The van der Waals surface area contributed by atoms with Gasteiger partial charge in [-0.25, -0.2) is 5.90 Å². The molecule has 0 aromatic rings. The summed E-state index contributed by atoms with van der Waals surface area (Å²) in [4.78, 5) is 4.42. The molecule has 44 valence electrons. The van der Waals surface area contributed by atoms with Crippen molar-refractivity contribution in [2.24, 2.45) is 11.6 Å². The summed E-state index contributed by atoms with van der Waals surface area (Å²) in [6.45, 7) is 2.48. The van der Waals surface area contributed by atoms with E-state index in [-0.39, 0.29) is 6.10 Å². The highest BCUT2D eigenvalue weighted by molar-refractivity contribution is 4.50. The van der Waals surface area contributed by atoms with Gasteiger partial charge in [-0.3, -0.25) is 0 Å². The molecule has 0 aliphatic rings. The van der Waals surface area contributed by atoms with E-state index in [1.165, 1.54) is 0 Å². The monoisotopic (exact) mass is 104 g/mol. The predicted octanol–water partition coefficient (Wildman–Crippen LogP) is -0.386. The number of hydrogen-bond acceptors (Lipinski definition) is 3. The molecule has 0 rings (SSSR count). The van der Waals surface area contributed by atoms with Gasteiger partial charge in [-0.05, 0) is 6.42 Å². The van der Waals surface area contributed by atoms with E-state index >= 15 is 0 Å². The highest BCUT2D eigenvalue weighted by Gasteiger charge is 1.97. The van der Waals surface area contributed by atoms with E-state index in [2.05, 4.69) is 4.84 Å². The average Bonchev–Trinajstić information content (AvgIpc) is 1.72. The maximum Gasteiger partial charge on any atom is 0.0906 e. The maximum absolute atomic E-state index is 5.19. The zero-order chi connectivity index (χ0) is 5.70. The summed E-state index contributed by atoms with van der Waals surface area (Å²) >= 11 is 0. The highest BCUT2D eigenvalue weighted by atomic mass is 16.6. The molecule has 0 saturated carbocycles. The van der Waals surface area contributed by atoms with Crippen LogP contribution < -0.4 is 11.6 Å². The number of rotatable bonds is 3. The van der Waals surface area contributed by atoms with Crippen LogP contribution in [0.3, 0.4) is 0 Å². The average molecular weight is 104 g/mol. The van der Waals surface area contributed by atoms with Crippen LogP contribution in [0.4, 0.5) is 0 Å². The molecule has 0 radical (unpaired) electrons. The molecule has 3 nitrogen and oxygen atoms in total. The first-order chi connectivity index (χ1) is 3.35. The SMILES string of the molecule is CCC(CN)ON. The fourth-order valence-electron chi connectivity index (χ4n) is 0.318. The van der Waals surface area contributed by atoms with Gasteiger partial charge in [0.25, 0.3) is 0 Å². The topological polar surface area (TPSA) is 61.3 Å². The lowest BCUT2D eigenvalue weighted by Crippen LogP contribution is -2.25. The van der Waals surface area contributed by atoms with Gasteiger partial charge in [0, 0.05) is 6.54 Å². The van der Waals surface area contributed by atoms with Crippen molar-refractivity contribution in [1.29, 1.82) is 0 Å². The second kappa shape index (κ2) is 4.05. The quantitative estimate of drug-likeness (QED) is 0.479. The van der Waals surface area contributed by atoms with Crippen molar-refractivity contribution >= 4 is 0 Å². The lowest BCUT2D eigenvalue weighted by Gasteiger charge is -2.06. The fourth-order valence-corrected chi connectivity index (χ4v) is 0.318. The van der Waals surface area contributed by atoms with Crippen LogP contribution in [0.5, 0.6) is 0 Å². The van der Waals surface area contributed by atoms with E-state index in [1.807, 2.05) is 6.92 Å². The summed E-state index contributed by atoms with van der Waals surface area (Å²) in [5.41, 5.74) is 5.19. The Balaban J connectivity index is 2.99. The van der Waals surface area contributed by atoms with Gasteiger partial charge in [0.15, 0.2) is 0 Å². The molecule has 0 aliphatic heterocycles. The normalized spacial score (nSPS) is 14.1. The molecule has 3 heteroatoms. The molecule has 1 unspecified atom stereocenters. The molecule has 0 fully saturated rings. The molecular weight excluding hydrogens is 92.1 g/mol. The minimum absolute atomic E-state index is 0.0417. The molecule has 4 N–H and O–H groups in total. The molecule has 0 bridgehead atoms. The second-order valence-corrected chi connectivity index (χ2v) is 1.40. The summed E-state index contributed by atoms with van der Waals surface area (Å²) < 4.78 is 0. The van der Waals surface area contributed by atoms with Crippen LogP contribution in [0.25, 0.3) is 0 Å². The molecule has 0 spiro atoms. The van der Waals surface area contributed by atoms with Crippen LogP contribution in [-0.4, -0.2) is 12.6 Å². The van der Waals surface area contributed by atoms with Gasteiger partial charge in [-0.1, -0.05) is 6.92 Å². The third-order valence-corrected chi connectivity index (χ3v) is 0.911. The summed E-state index contributed by atoms with van der Waals surface area (Å²) in [5, 5.41) is 0. The molecular formula is C4H12N2O. The number of nitrogens with two attached hydrogens (primary N) is 2. The van der Waals surface area contributed by atoms with Gasteiger partial charge >= 0.3 is 0 Å². The minimum atomic E-state index is 0.0417. The smallest absolute Gasteiger partial charge is 0.0906 e. The zero-order valence-electron chi connectivity index (χ0n) is 4.55. The van der Waals surface area contributed by atoms with Crippen molar-refractivity contribution in [2.75, 3.05) is 6.54 Å². The molecule has 0 aromatic carbocycles. The highest BCUT2D eigenvalue weighted by Crippen LogP contribution is 1.87. The third kappa shape index (κ3) is 2.56. The van der Waals surface area contributed by atoms with E-state index in [0.717, 1.165) is 6.42 Å². The fraction of sp³-hybridized carbons (Fsp3) is 1.00. The standard InChI is InChI=1S/C4H12N2O/c1-2-4(3-5)7-6/h4H,2-3,5-6H2,1H3. The summed E-state index contributed by atoms with van der Waals surface area (Å²) in [6, 6.07) is 0. The van der Waals surface area contributed by atoms with Gasteiger partial charge in [0.2, 0.25) is 0 Å². The Morgan fingerprint density at radius 3 is 2.29 bits per heavy atom. The van der Waals surface area contributed by atoms with Crippen LogP contribution in [0, 0.1) is 0 Å². The Morgan fingerprint density at radius 1 is 1.71 bits per heavy atom. The first-order valence-electron chi connectivity index (χ1n) is 2.40. The van der Waals surface area contributed by atoms with Crippen molar-refractivity contribution in [3.05, 3.63) is 0 Å². The van der Waals surface area contributed by atoms with Gasteiger partial charge in [0.05, 0.1) is 6.10 Å². The Bertz CT molecular complexity index is 31.2. The van der Waals surface area contributed by atoms with Crippen LogP contribution in [0.2, 0.25) is 0 Å². The molecule has 0 aliphatic carbocycles. The lowest BCUT2D eigenvalue weighted by atomic mass is 10.3. The molecule has 7 heavy (non-hydrogen) atoms. The van der Waals surface area contributed by atoms with Gasteiger partial charge in [-0.2, -0.15) is 0 Å². The summed E-state index contributed by atoms with van der Waals surface area (Å²) in [7, 11) is 0. The van der Waals surface area contributed by atoms with Crippen LogP contribution in [0.1, 0.15) is 13.3 Å². The van der Waals surface area contributed by atoms with Gasteiger partial charge < -0.3 is 10.6 Å². The third-order valence-electron chi connectivity index (χ3n) is 0.911. The van der Waals surface area contributed by atoms with Crippen LogP contribution in [0.15, 0.2) is 0 Å². The van der Waals surface area contributed by atoms with E-state index in [1.54, 1.807) is 0 Å². The Labute approximate surface area is 43.6 Å². The Hall–Kier alpha value is -0.120. The second-order valence-electron chi connectivity index (χ2n) is 1.40. The van der Waals surface area contributed by atoms with Crippen LogP contribution >= 0.6 is 0 Å². The van der Waals surface area contributed by atoms with Crippen molar-refractivity contribution in [1.82, 2.24) is 0 Å². The van der Waals surface area contributed by atoms with Crippen molar-refractivity contribution in [3.63, 3.8) is 0 Å². The lowest BCUT2D eigenvalue weighted by molar-refractivity contribution is 0.0570. The van der Waals surface area contributed by atoms with Crippen LogP contribution in [-0.2, 0) is 4.84 Å². The Kier molecular flexibility index (Phi) is 3.98. The molecule has 0 saturated heterocycles. The van der Waals surface area contributed by atoms with Crippen molar-refractivity contribution < 1.29 is 4.84 Å². The maximum atomic E-state index is 5.19. The van der Waals surface area contributed by atoms with Crippen molar-refractivity contribution in [3.8, 4) is 0 Å². The first kappa shape index (κ1) is 6.88. The first-order valence-corrected chi connectivity index (χ1v) is 2.40. The number of hydrogen-bond donors (Lipinski definition) is 2. The zero-order valence-corrected chi connectivity index (χ0v) is 4.55.